The van der Waals surface area contributed by atoms with Gasteiger partial charge in [0.2, 0.25) is 0 Å². The van der Waals surface area contributed by atoms with Gasteiger partial charge in [-0.3, -0.25) is 29.3 Å². The molecule has 0 aliphatic heterocycles. The van der Waals surface area contributed by atoms with E-state index in [4.69, 9.17) is 16.3 Å². The molecule has 4 aliphatic rings. The average molecular weight is 1210 g/mol. The van der Waals surface area contributed by atoms with Crippen LogP contribution in [0, 0.1) is 46.5 Å². The third-order valence-electron chi connectivity index (χ3n) is 17.2. The molecule has 444 valence electrons. The first-order valence-corrected chi connectivity index (χ1v) is 31.7. The van der Waals surface area contributed by atoms with Crippen molar-refractivity contribution in [2.24, 2.45) is 23.7 Å². The fourth-order valence-electron chi connectivity index (χ4n) is 12.8. The van der Waals surface area contributed by atoms with Crippen molar-refractivity contribution in [1.82, 2.24) is 0 Å². The van der Waals surface area contributed by atoms with E-state index in [1.165, 1.54) is 45.7 Å². The molecule has 0 N–H and O–H groups in total. The molecular weight excluding hydrogens is 1150 g/mol. The quantitative estimate of drug-likeness (QED) is 0.0802. The minimum atomic E-state index is -0.824. The van der Waals surface area contributed by atoms with Crippen LogP contribution >= 0.6 is 19.5 Å². The van der Waals surface area contributed by atoms with Gasteiger partial charge in [0.15, 0.2) is 23.1 Å². The normalized spacial score (nSPS) is 16.6. The third-order valence-corrected chi connectivity index (χ3v) is 19.8. The Kier molecular flexibility index (Phi) is 18.3. The number of Topliss-reactive ketones (excluding diaryl/α,β-unsaturated/α-hetero) is 4. The van der Waals surface area contributed by atoms with Gasteiger partial charge in [0.1, 0.15) is 11.6 Å². The van der Waals surface area contributed by atoms with Crippen LogP contribution in [0.1, 0.15) is 96.9 Å². The van der Waals surface area contributed by atoms with Crippen molar-refractivity contribution < 1.29 is 33.2 Å². The number of halogens is 2. The van der Waals surface area contributed by atoms with E-state index in [0.717, 1.165) is 120 Å². The fourth-order valence-corrected chi connectivity index (χ4v) is 15.4. The van der Waals surface area contributed by atoms with Crippen molar-refractivity contribution in [3.63, 3.8) is 0 Å². The maximum Gasteiger partial charge on any atom is 0.269 e. The number of nitro benzene ring substituents is 1. The number of ketones is 4. The van der Waals surface area contributed by atoms with E-state index < -0.39 is 12.8 Å². The maximum absolute atomic E-state index is 13.1. The Labute approximate surface area is 525 Å². The van der Waals surface area contributed by atoms with Crippen LogP contribution in [-0.2, 0) is 25.7 Å². The predicted octanol–water partition coefficient (Wildman–Crippen LogP) is 17.7. The molecule has 0 spiro atoms. The number of non-ortho nitro benzene ring substituents is 1. The second-order valence-corrected chi connectivity index (χ2v) is 26.1. The molecule has 89 heavy (non-hydrogen) atoms. The zero-order valence-electron chi connectivity index (χ0n) is 50.4. The van der Waals surface area contributed by atoms with E-state index in [-0.39, 0.29) is 58.3 Å². The van der Waals surface area contributed by atoms with E-state index >= 15 is 0 Å². The summed E-state index contributed by atoms with van der Waals surface area (Å²) in [5.41, 5.74) is 16.7. The van der Waals surface area contributed by atoms with E-state index in [1.807, 2.05) is 125 Å². The molecule has 0 amide bonds. The lowest BCUT2D eigenvalue weighted by Crippen LogP contribution is -2.21. The number of carbonyl (C=O) groups excluding carboxylic acids is 4. The molecule has 10 aromatic carbocycles. The van der Waals surface area contributed by atoms with Crippen molar-refractivity contribution in [2.75, 3.05) is 7.11 Å². The number of rotatable bonds is 9. The first-order chi connectivity index (χ1) is 43.0. The molecule has 10 aromatic rings. The molecule has 14 rings (SSSR count). The van der Waals surface area contributed by atoms with Gasteiger partial charge in [0.05, 0.1) is 12.0 Å². The third kappa shape index (κ3) is 12.9. The second-order valence-electron chi connectivity index (χ2n) is 23.4. The van der Waals surface area contributed by atoms with Crippen LogP contribution in [0.25, 0.3) is 44.5 Å². The van der Waals surface area contributed by atoms with Gasteiger partial charge < -0.3 is 4.74 Å². The van der Waals surface area contributed by atoms with Crippen molar-refractivity contribution in [3.05, 3.63) is 289 Å². The monoisotopic (exact) mass is 1210 g/mol. The number of aryl methyl sites for hydroxylation is 1. The van der Waals surface area contributed by atoms with Crippen LogP contribution in [0.4, 0.5) is 10.1 Å². The minimum Gasteiger partial charge on any atom is -0.497 e. The van der Waals surface area contributed by atoms with Gasteiger partial charge in [-0.05, 0) is 189 Å². The van der Waals surface area contributed by atoms with Crippen molar-refractivity contribution in [1.29, 1.82) is 0 Å². The van der Waals surface area contributed by atoms with Gasteiger partial charge in [0, 0.05) is 63.1 Å². The molecule has 0 saturated heterocycles. The van der Waals surface area contributed by atoms with Crippen LogP contribution in [0.5, 0.6) is 5.75 Å². The Bertz CT molecular complexity index is 4290. The SMILES string of the molecule is CC1Cc2cc(Cl)cc(-c3ccccc3)c2C1=O.CC1Cc2cc(P(c3ccccc3)c3ccccc3)cc(-c3ccc([N+](=O)[O-])cc3)c2C1=O.CC1Cc2cccc(-c3ccc(F)cc3)c2C1=O.COc1ccc(-c2c(C)ccc3c2C(=O)C(C)C3)cc1. The smallest absolute Gasteiger partial charge is 0.269 e. The van der Waals surface area contributed by atoms with E-state index in [1.54, 1.807) is 31.4 Å². The highest BCUT2D eigenvalue weighted by Crippen LogP contribution is 2.43. The number of carbonyl (C=O) groups is 4. The summed E-state index contributed by atoms with van der Waals surface area (Å²) in [7, 11) is 0.835. The summed E-state index contributed by atoms with van der Waals surface area (Å²) in [4.78, 5) is 60.7. The van der Waals surface area contributed by atoms with Gasteiger partial charge in [-0.15, -0.1) is 0 Å². The average Bonchev–Trinajstić information content (AvgIpc) is 2.19. The number of methoxy groups -OCH3 is 1. The van der Waals surface area contributed by atoms with Crippen LogP contribution < -0.4 is 20.7 Å². The molecule has 0 bridgehead atoms. The highest BCUT2D eigenvalue weighted by Gasteiger charge is 2.35. The van der Waals surface area contributed by atoms with Gasteiger partial charge >= 0.3 is 0 Å². The van der Waals surface area contributed by atoms with Gasteiger partial charge in [0.25, 0.3) is 5.69 Å². The topological polar surface area (TPSA) is 121 Å². The summed E-state index contributed by atoms with van der Waals surface area (Å²) >= 11 is 6.16. The summed E-state index contributed by atoms with van der Waals surface area (Å²) in [6.45, 7) is 9.98. The Morgan fingerprint density at radius 3 is 1.42 bits per heavy atom. The lowest BCUT2D eigenvalue weighted by Gasteiger charge is -2.21. The highest BCUT2D eigenvalue weighted by molar-refractivity contribution is 7.79. The largest absolute Gasteiger partial charge is 0.497 e. The van der Waals surface area contributed by atoms with Crippen LogP contribution in [0.2, 0.25) is 5.02 Å². The van der Waals surface area contributed by atoms with Crippen molar-refractivity contribution in [3.8, 4) is 50.3 Å². The van der Waals surface area contributed by atoms with Crippen LogP contribution in [0.15, 0.2) is 218 Å². The highest BCUT2D eigenvalue weighted by atomic mass is 35.5. The summed E-state index contributed by atoms with van der Waals surface area (Å²) < 4.78 is 18.1. The van der Waals surface area contributed by atoms with Gasteiger partial charge in [-0.2, -0.15) is 0 Å². The summed E-state index contributed by atoms with van der Waals surface area (Å²) in [6, 6.07) is 69.9. The molecule has 4 atom stereocenters. The lowest BCUT2D eigenvalue weighted by atomic mass is 9.92. The lowest BCUT2D eigenvalue weighted by molar-refractivity contribution is -0.384. The number of ether oxygens (including phenoxy) is 1. The second kappa shape index (κ2) is 26.6. The van der Waals surface area contributed by atoms with Crippen LogP contribution in [-0.4, -0.2) is 35.2 Å². The first-order valence-electron chi connectivity index (χ1n) is 30.0. The van der Waals surface area contributed by atoms with E-state index in [9.17, 15) is 33.7 Å². The van der Waals surface area contributed by atoms with Gasteiger partial charge in [-0.1, -0.05) is 185 Å². The fraction of sp³-hybridized carbons (Fsp3) is 0.179. The maximum atomic E-state index is 13.1. The molecule has 0 heterocycles. The van der Waals surface area contributed by atoms with Crippen molar-refractivity contribution >= 4 is 64.3 Å². The number of fused-ring (bicyclic) bond motifs is 4. The Morgan fingerprint density at radius 2 is 0.876 bits per heavy atom. The number of hydrogen-bond acceptors (Lipinski definition) is 7. The molecule has 11 heteroatoms. The Hall–Kier alpha value is -9.27. The standard InChI is InChI=1S/C28H22NO3P.C18H18O2.C16H13ClO.C16H13FO/c1-19-16-21-17-25(33(23-8-4-2-5-9-23)24-10-6-3-7-11-24)18-26(27(21)28(19)30)20-12-14-22(15-13-20)29(31)32;1-11-4-5-14-10-12(2)18(19)17(14)16(11)13-6-8-15(20-3)9-7-13;1-10-7-12-8-13(17)9-14(15(12)16(10)18)11-5-3-2-4-6-11;1-10-9-12-3-2-4-14(15(12)16(10)18)11-5-7-13(17)8-6-11/h2-15,17-19H,16H2,1H3;4-9,12H,10H2,1-3H3;2-6,8-10H,7H2,1H3;2-8,10H,9H2,1H3. The van der Waals surface area contributed by atoms with E-state index in [2.05, 4.69) is 79.7 Å². The number of nitro groups is 1. The molecule has 8 nitrogen and oxygen atoms in total. The Morgan fingerprint density at radius 1 is 0.438 bits per heavy atom. The minimum absolute atomic E-state index is 0.0436. The molecule has 4 aliphatic carbocycles. The Balaban J connectivity index is 0.000000127. The zero-order chi connectivity index (χ0) is 62.6. The molecular formula is C78H66ClFNO7P. The summed E-state index contributed by atoms with van der Waals surface area (Å²) in [5.74, 6) is 1.59. The van der Waals surface area contributed by atoms with E-state index in [0.29, 0.717) is 5.02 Å². The number of benzene rings is 10. The molecule has 4 unspecified atom stereocenters. The number of hydrogen-bond donors (Lipinski definition) is 0. The summed E-state index contributed by atoms with van der Waals surface area (Å²) in [6.07, 6.45) is 3.18. The molecule has 0 radical (unpaired) electrons. The van der Waals surface area contributed by atoms with Crippen LogP contribution in [0.3, 0.4) is 0 Å². The molecule has 0 aromatic heterocycles. The van der Waals surface area contributed by atoms with Gasteiger partial charge in [-0.25, -0.2) is 4.39 Å². The van der Waals surface area contributed by atoms with Crippen molar-refractivity contribution in [2.45, 2.75) is 60.3 Å². The predicted molar refractivity (Wildman–Crippen MR) is 358 cm³/mol. The number of nitrogens with zero attached hydrogens (tertiary/aromatic N) is 1. The first kappa shape index (κ1) is 61.4. The summed E-state index contributed by atoms with van der Waals surface area (Å²) in [5, 5.41) is 15.5. The molecule has 0 fully saturated rings. The zero-order valence-corrected chi connectivity index (χ0v) is 52.1. The molecule has 0 saturated carbocycles.